The van der Waals surface area contributed by atoms with Crippen molar-refractivity contribution in [3.63, 3.8) is 0 Å². The lowest BCUT2D eigenvalue weighted by molar-refractivity contribution is -0.108. The van der Waals surface area contributed by atoms with E-state index in [1.807, 2.05) is 4.90 Å². The number of nitrogens with zero attached hydrogens (tertiary/aromatic N) is 4. The van der Waals surface area contributed by atoms with E-state index in [1.54, 1.807) is 0 Å². The Bertz CT molecular complexity index is 1080. The van der Waals surface area contributed by atoms with Gasteiger partial charge in [0.05, 0.1) is 10.6 Å². The van der Waals surface area contributed by atoms with Gasteiger partial charge in [0.25, 0.3) is 0 Å². The molecule has 0 atom stereocenters. The summed E-state index contributed by atoms with van der Waals surface area (Å²) in [5, 5.41) is 10.5. The number of carbonyl (C=O) groups excluding carboxylic acids is 1. The van der Waals surface area contributed by atoms with Gasteiger partial charge in [-0.2, -0.15) is 0 Å². The lowest BCUT2D eigenvalue weighted by Gasteiger charge is -2.35. The molecule has 0 aliphatic carbocycles. The van der Waals surface area contributed by atoms with E-state index >= 15 is 4.39 Å². The molecule has 1 saturated heterocycles. The largest absolute Gasteiger partial charge is 0.507 e. The first-order chi connectivity index (χ1) is 14.5. The van der Waals surface area contributed by atoms with Gasteiger partial charge < -0.3 is 14.8 Å². The third kappa shape index (κ3) is 3.68. The number of piperazine rings is 1. The van der Waals surface area contributed by atoms with Crippen molar-refractivity contribution in [2.24, 2.45) is 0 Å². The molecular formula is C21H19ClF2N4O2. The second-order valence-electron chi connectivity index (χ2n) is 7.06. The zero-order valence-corrected chi connectivity index (χ0v) is 16.7. The van der Waals surface area contributed by atoms with Crippen molar-refractivity contribution < 1.29 is 18.7 Å². The zero-order chi connectivity index (χ0) is 21.3. The Morgan fingerprint density at radius 2 is 1.90 bits per heavy atom. The van der Waals surface area contributed by atoms with Crippen LogP contribution in [0.5, 0.6) is 5.75 Å². The van der Waals surface area contributed by atoms with Crippen LogP contribution in [0, 0.1) is 11.6 Å². The van der Waals surface area contributed by atoms with Gasteiger partial charge >= 0.3 is 0 Å². The number of phenolic OH excluding ortho intramolecular Hbond substituents is 1. The van der Waals surface area contributed by atoms with Crippen LogP contribution in [0.1, 0.15) is 6.42 Å². The van der Waals surface area contributed by atoms with Crippen molar-refractivity contribution in [2.75, 3.05) is 37.6 Å². The highest BCUT2D eigenvalue weighted by Crippen LogP contribution is 2.42. The first kappa shape index (κ1) is 20.4. The molecule has 1 aromatic heterocycles. The maximum Gasteiger partial charge on any atom is 0.159 e. The number of fused-ring (bicyclic) bond motifs is 1. The molecule has 30 heavy (non-hydrogen) atoms. The van der Waals surface area contributed by atoms with Crippen LogP contribution < -0.4 is 4.90 Å². The second-order valence-corrected chi connectivity index (χ2v) is 7.47. The second kappa shape index (κ2) is 8.49. The van der Waals surface area contributed by atoms with E-state index in [2.05, 4.69) is 14.9 Å². The summed E-state index contributed by atoms with van der Waals surface area (Å²) in [6.07, 6.45) is 2.65. The maximum atomic E-state index is 15.4. The Labute approximate surface area is 176 Å². The van der Waals surface area contributed by atoms with Crippen molar-refractivity contribution in [3.8, 4) is 16.9 Å². The molecule has 2 heterocycles. The first-order valence-corrected chi connectivity index (χ1v) is 9.90. The van der Waals surface area contributed by atoms with E-state index in [-0.39, 0.29) is 21.7 Å². The highest BCUT2D eigenvalue weighted by Gasteiger charge is 2.25. The average Bonchev–Trinajstić information content (AvgIpc) is 2.74. The van der Waals surface area contributed by atoms with Crippen LogP contribution in [-0.4, -0.2) is 59.0 Å². The number of rotatable bonds is 5. The van der Waals surface area contributed by atoms with Crippen LogP contribution in [0.2, 0.25) is 5.02 Å². The molecule has 4 rings (SSSR count). The monoisotopic (exact) mass is 432 g/mol. The van der Waals surface area contributed by atoms with Crippen molar-refractivity contribution in [1.29, 1.82) is 0 Å². The van der Waals surface area contributed by atoms with Crippen LogP contribution in [0.25, 0.3) is 22.0 Å². The SMILES string of the molecule is O=CCCN1CCN(c2ncnc3c(F)c(-c4c(O)cccc4F)c(Cl)cc23)CC1. The molecule has 0 spiro atoms. The van der Waals surface area contributed by atoms with Crippen molar-refractivity contribution in [2.45, 2.75) is 6.42 Å². The molecule has 9 heteroatoms. The van der Waals surface area contributed by atoms with Gasteiger partial charge in [0.2, 0.25) is 0 Å². The summed E-state index contributed by atoms with van der Waals surface area (Å²) in [7, 11) is 0. The maximum absolute atomic E-state index is 15.4. The quantitative estimate of drug-likeness (QED) is 0.621. The molecule has 3 aromatic rings. The Balaban J connectivity index is 1.74. The van der Waals surface area contributed by atoms with Crippen molar-refractivity contribution in [1.82, 2.24) is 14.9 Å². The standard InChI is InChI=1S/C21H19ClF2N4O2/c22-14-11-13-20(19(24)17(14)18-15(23)3-1-4-16(18)30)25-12-26-21(13)28-8-6-27(7-9-28)5-2-10-29/h1,3-4,10-12,30H,2,5-9H2. The summed E-state index contributed by atoms with van der Waals surface area (Å²) in [4.78, 5) is 23.1. The fourth-order valence-corrected chi connectivity index (χ4v) is 4.06. The van der Waals surface area contributed by atoms with Crippen LogP contribution in [-0.2, 0) is 4.79 Å². The van der Waals surface area contributed by atoms with Gasteiger partial charge in [0.15, 0.2) is 5.82 Å². The molecule has 156 valence electrons. The lowest BCUT2D eigenvalue weighted by Crippen LogP contribution is -2.47. The van der Waals surface area contributed by atoms with Crippen molar-refractivity contribution >= 4 is 34.6 Å². The molecule has 1 aliphatic rings. The van der Waals surface area contributed by atoms with Gasteiger partial charge in [0, 0.05) is 50.1 Å². The molecule has 6 nitrogen and oxygen atoms in total. The van der Waals surface area contributed by atoms with E-state index in [9.17, 15) is 14.3 Å². The van der Waals surface area contributed by atoms with Gasteiger partial charge in [-0.15, -0.1) is 0 Å². The Morgan fingerprint density at radius 1 is 1.13 bits per heavy atom. The smallest absolute Gasteiger partial charge is 0.159 e. The number of aldehydes is 1. The van der Waals surface area contributed by atoms with E-state index in [0.717, 1.165) is 25.4 Å². The number of aromatic nitrogens is 2. The minimum absolute atomic E-state index is 0.00503. The molecule has 0 radical (unpaired) electrons. The van der Waals surface area contributed by atoms with Gasteiger partial charge in [-0.3, -0.25) is 4.90 Å². The predicted octanol–water partition coefficient (Wildman–Crippen LogP) is 3.65. The number of hydrogen-bond acceptors (Lipinski definition) is 6. The fraction of sp³-hybridized carbons (Fsp3) is 0.286. The minimum Gasteiger partial charge on any atom is -0.507 e. The number of anilines is 1. The molecule has 0 bridgehead atoms. The molecular weight excluding hydrogens is 414 g/mol. The average molecular weight is 433 g/mol. The van der Waals surface area contributed by atoms with Gasteiger partial charge in [0.1, 0.15) is 35.5 Å². The molecule has 0 amide bonds. The summed E-state index contributed by atoms with van der Waals surface area (Å²) in [5.41, 5.74) is -0.528. The normalized spacial score (nSPS) is 15.0. The Morgan fingerprint density at radius 3 is 2.60 bits per heavy atom. The first-order valence-electron chi connectivity index (χ1n) is 9.52. The Hall–Kier alpha value is -2.84. The van der Waals surface area contributed by atoms with Crippen LogP contribution >= 0.6 is 11.6 Å². The van der Waals surface area contributed by atoms with Gasteiger partial charge in [-0.05, 0) is 18.2 Å². The lowest BCUT2D eigenvalue weighted by atomic mass is 10.0. The van der Waals surface area contributed by atoms with Crippen LogP contribution in [0.4, 0.5) is 14.6 Å². The summed E-state index contributed by atoms with van der Waals surface area (Å²) in [5.74, 6) is -1.46. The van der Waals surface area contributed by atoms with Gasteiger partial charge in [-0.25, -0.2) is 18.7 Å². The topological polar surface area (TPSA) is 69.6 Å². The van der Waals surface area contributed by atoms with E-state index in [4.69, 9.17) is 11.6 Å². The summed E-state index contributed by atoms with van der Waals surface area (Å²) >= 11 is 6.35. The van der Waals surface area contributed by atoms with Crippen LogP contribution in [0.3, 0.4) is 0 Å². The highest BCUT2D eigenvalue weighted by molar-refractivity contribution is 6.34. The zero-order valence-electron chi connectivity index (χ0n) is 16.0. The predicted molar refractivity (Wildman–Crippen MR) is 111 cm³/mol. The summed E-state index contributed by atoms with van der Waals surface area (Å²) < 4.78 is 29.8. The highest BCUT2D eigenvalue weighted by atomic mass is 35.5. The molecule has 2 aromatic carbocycles. The number of halogens is 3. The summed E-state index contributed by atoms with van der Waals surface area (Å²) in [6, 6.07) is 5.24. The van der Waals surface area contributed by atoms with E-state index in [0.29, 0.717) is 37.3 Å². The molecule has 1 fully saturated rings. The van der Waals surface area contributed by atoms with E-state index < -0.39 is 17.4 Å². The number of hydrogen-bond donors (Lipinski definition) is 1. The minimum atomic E-state index is -0.814. The number of benzene rings is 2. The van der Waals surface area contributed by atoms with Crippen LogP contribution in [0.15, 0.2) is 30.6 Å². The van der Waals surface area contributed by atoms with Gasteiger partial charge in [-0.1, -0.05) is 17.7 Å². The third-order valence-corrected chi connectivity index (χ3v) is 5.57. The fourth-order valence-electron chi connectivity index (χ4n) is 3.78. The molecule has 0 saturated carbocycles. The summed E-state index contributed by atoms with van der Waals surface area (Å²) in [6.45, 7) is 3.51. The Kier molecular flexibility index (Phi) is 5.78. The number of aromatic hydroxyl groups is 1. The number of carbonyl (C=O) groups is 1. The van der Waals surface area contributed by atoms with Crippen molar-refractivity contribution in [3.05, 3.63) is 47.2 Å². The van der Waals surface area contributed by atoms with E-state index in [1.165, 1.54) is 24.5 Å². The molecule has 1 N–H and O–H groups in total. The molecule has 0 unspecified atom stereocenters. The third-order valence-electron chi connectivity index (χ3n) is 5.28. The molecule has 1 aliphatic heterocycles. The number of phenols is 1.